The molecule has 3 rings (SSSR count). The molecule has 0 fully saturated rings. The Balaban J connectivity index is 1.38. The van der Waals surface area contributed by atoms with E-state index in [2.05, 4.69) is 68.6 Å². The number of aliphatic hydroxyl groups is 1. The maximum atomic E-state index is 10.2. The molecule has 4 heteroatoms. The van der Waals surface area contributed by atoms with Gasteiger partial charge in [-0.25, -0.2) is 0 Å². The Hall–Kier alpha value is -2.82. The molecule has 0 saturated carbocycles. The highest BCUT2D eigenvalue weighted by Gasteiger charge is 2.13. The van der Waals surface area contributed by atoms with Crippen LogP contribution in [0, 0.1) is 0 Å². The van der Waals surface area contributed by atoms with Crippen molar-refractivity contribution in [1.29, 1.82) is 0 Å². The summed E-state index contributed by atoms with van der Waals surface area (Å²) in [7, 11) is 1.70. The van der Waals surface area contributed by atoms with Gasteiger partial charge in [0.25, 0.3) is 0 Å². The maximum Gasteiger partial charge on any atom is 0.126 e. The van der Waals surface area contributed by atoms with Gasteiger partial charge in [0.2, 0.25) is 0 Å². The lowest BCUT2D eigenvalue weighted by atomic mass is 9.87. The zero-order valence-electron chi connectivity index (χ0n) is 19.6. The van der Waals surface area contributed by atoms with Crippen molar-refractivity contribution in [3.63, 3.8) is 0 Å². The van der Waals surface area contributed by atoms with Gasteiger partial charge in [-0.2, -0.15) is 0 Å². The van der Waals surface area contributed by atoms with Crippen molar-refractivity contribution < 1.29 is 14.6 Å². The zero-order chi connectivity index (χ0) is 23.0. The standard InChI is InChI=1S/C28H35NO3/c1-28(2,3)23-13-15-25(16-14-23)32-20-24(30)19-29-18-17-21-9-11-22(12-10-21)26-7-5-6-8-27(26)31-4/h5-16,24,29-30H,17-20H2,1-4H3. The van der Waals surface area contributed by atoms with Crippen LogP contribution in [0.5, 0.6) is 11.5 Å². The molecule has 0 aliphatic heterocycles. The van der Waals surface area contributed by atoms with Crippen molar-refractivity contribution in [3.05, 3.63) is 83.9 Å². The van der Waals surface area contributed by atoms with E-state index in [4.69, 9.17) is 9.47 Å². The summed E-state index contributed by atoms with van der Waals surface area (Å²) in [4.78, 5) is 0. The van der Waals surface area contributed by atoms with Gasteiger partial charge in [-0.15, -0.1) is 0 Å². The SMILES string of the molecule is COc1ccccc1-c1ccc(CCNCC(O)COc2ccc(C(C)(C)C)cc2)cc1. The van der Waals surface area contributed by atoms with Crippen molar-refractivity contribution in [3.8, 4) is 22.6 Å². The normalized spacial score (nSPS) is 12.4. The van der Waals surface area contributed by atoms with Crippen LogP contribution in [0.2, 0.25) is 0 Å². The molecule has 0 aliphatic carbocycles. The molecule has 3 aromatic rings. The lowest BCUT2D eigenvalue weighted by Crippen LogP contribution is -2.32. The van der Waals surface area contributed by atoms with Crippen LogP contribution in [0.15, 0.2) is 72.8 Å². The fourth-order valence-electron chi connectivity index (χ4n) is 3.54. The molecule has 1 atom stereocenters. The summed E-state index contributed by atoms with van der Waals surface area (Å²) in [6.45, 7) is 8.13. The van der Waals surface area contributed by atoms with E-state index in [0.29, 0.717) is 6.54 Å². The second kappa shape index (κ2) is 11.2. The predicted octanol–water partition coefficient (Wildman–Crippen LogP) is 5.23. The molecule has 3 aromatic carbocycles. The van der Waals surface area contributed by atoms with Gasteiger partial charge >= 0.3 is 0 Å². The average molecular weight is 434 g/mol. The third-order valence-corrected chi connectivity index (χ3v) is 5.51. The Morgan fingerprint density at radius 1 is 0.906 bits per heavy atom. The first-order valence-electron chi connectivity index (χ1n) is 11.2. The Kier molecular flexibility index (Phi) is 8.32. The van der Waals surface area contributed by atoms with E-state index in [1.807, 2.05) is 30.3 Å². The van der Waals surface area contributed by atoms with Crippen molar-refractivity contribution in [2.24, 2.45) is 0 Å². The minimum absolute atomic E-state index is 0.122. The number of methoxy groups -OCH3 is 1. The molecule has 4 nitrogen and oxygen atoms in total. The molecule has 0 amide bonds. The summed E-state index contributed by atoms with van der Waals surface area (Å²) < 4.78 is 11.2. The largest absolute Gasteiger partial charge is 0.496 e. The summed E-state index contributed by atoms with van der Waals surface area (Å²) in [6.07, 6.45) is 0.346. The minimum Gasteiger partial charge on any atom is -0.496 e. The van der Waals surface area contributed by atoms with E-state index in [9.17, 15) is 5.11 Å². The molecule has 0 aromatic heterocycles. The minimum atomic E-state index is -0.551. The molecule has 170 valence electrons. The van der Waals surface area contributed by atoms with Gasteiger partial charge < -0.3 is 19.9 Å². The monoisotopic (exact) mass is 433 g/mol. The Labute approximate surface area is 192 Å². The highest BCUT2D eigenvalue weighted by Crippen LogP contribution is 2.29. The first kappa shape index (κ1) is 23.8. The molecular weight excluding hydrogens is 398 g/mol. The number of para-hydroxylation sites is 1. The van der Waals surface area contributed by atoms with E-state index in [1.165, 1.54) is 11.1 Å². The third-order valence-electron chi connectivity index (χ3n) is 5.51. The second-order valence-electron chi connectivity index (χ2n) is 9.09. The number of benzene rings is 3. The molecule has 0 aliphatic rings. The highest BCUT2D eigenvalue weighted by atomic mass is 16.5. The zero-order valence-corrected chi connectivity index (χ0v) is 19.6. The Morgan fingerprint density at radius 2 is 1.59 bits per heavy atom. The average Bonchev–Trinajstić information content (AvgIpc) is 2.80. The number of nitrogens with one attached hydrogen (secondary N) is 1. The van der Waals surface area contributed by atoms with Crippen molar-refractivity contribution in [2.75, 3.05) is 26.8 Å². The number of aliphatic hydroxyl groups excluding tert-OH is 1. The molecule has 0 bridgehead atoms. The highest BCUT2D eigenvalue weighted by molar-refractivity contribution is 5.70. The molecule has 1 unspecified atom stereocenters. The first-order valence-corrected chi connectivity index (χ1v) is 11.2. The first-order chi connectivity index (χ1) is 15.4. The Bertz CT molecular complexity index is 959. The fourth-order valence-corrected chi connectivity index (χ4v) is 3.54. The van der Waals surface area contributed by atoms with Crippen LogP contribution in [0.3, 0.4) is 0 Å². The van der Waals surface area contributed by atoms with Crippen LogP contribution in [-0.2, 0) is 11.8 Å². The van der Waals surface area contributed by atoms with E-state index in [-0.39, 0.29) is 12.0 Å². The lowest BCUT2D eigenvalue weighted by molar-refractivity contribution is 0.106. The summed E-state index contributed by atoms with van der Waals surface area (Å²) >= 11 is 0. The molecule has 0 heterocycles. The van der Waals surface area contributed by atoms with Crippen molar-refractivity contribution >= 4 is 0 Å². The van der Waals surface area contributed by atoms with E-state index >= 15 is 0 Å². The molecule has 2 N–H and O–H groups in total. The lowest BCUT2D eigenvalue weighted by Gasteiger charge is -2.19. The summed E-state index contributed by atoms with van der Waals surface area (Å²) in [5, 5.41) is 13.5. The van der Waals surface area contributed by atoms with Crippen molar-refractivity contribution in [2.45, 2.75) is 38.7 Å². The van der Waals surface area contributed by atoms with Gasteiger partial charge in [0.15, 0.2) is 0 Å². The third kappa shape index (κ3) is 6.84. The van der Waals surface area contributed by atoms with Crippen LogP contribution in [-0.4, -0.2) is 38.0 Å². The predicted molar refractivity (Wildman–Crippen MR) is 132 cm³/mol. The molecular formula is C28H35NO3. The molecule has 0 radical (unpaired) electrons. The second-order valence-corrected chi connectivity index (χ2v) is 9.09. The van der Waals surface area contributed by atoms with E-state index < -0.39 is 6.10 Å². The summed E-state index contributed by atoms with van der Waals surface area (Å²) in [6, 6.07) is 24.7. The maximum absolute atomic E-state index is 10.2. The number of hydrogen-bond donors (Lipinski definition) is 2. The topological polar surface area (TPSA) is 50.7 Å². The van der Waals surface area contributed by atoms with Crippen molar-refractivity contribution in [1.82, 2.24) is 5.32 Å². The summed E-state index contributed by atoms with van der Waals surface area (Å²) in [5.74, 6) is 1.66. The van der Waals surface area contributed by atoms with E-state index in [1.54, 1.807) is 7.11 Å². The number of rotatable bonds is 10. The van der Waals surface area contributed by atoms with E-state index in [0.717, 1.165) is 35.6 Å². The fraction of sp³-hybridized carbons (Fsp3) is 0.357. The van der Waals surface area contributed by atoms with Crippen LogP contribution in [0.4, 0.5) is 0 Å². The van der Waals surface area contributed by atoms with Gasteiger partial charge in [-0.3, -0.25) is 0 Å². The number of ether oxygens (including phenoxy) is 2. The van der Waals surface area contributed by atoms with Gasteiger partial charge in [-0.05, 0) is 53.3 Å². The Morgan fingerprint density at radius 3 is 2.25 bits per heavy atom. The summed E-state index contributed by atoms with van der Waals surface area (Å²) in [5.41, 5.74) is 4.87. The quantitative estimate of drug-likeness (QED) is 0.430. The van der Waals surface area contributed by atoms with Crippen LogP contribution < -0.4 is 14.8 Å². The van der Waals surface area contributed by atoms with Crippen LogP contribution in [0.25, 0.3) is 11.1 Å². The number of hydrogen-bond acceptors (Lipinski definition) is 4. The molecule has 0 spiro atoms. The van der Waals surface area contributed by atoms with Gasteiger partial charge in [0.1, 0.15) is 24.2 Å². The molecule has 32 heavy (non-hydrogen) atoms. The van der Waals surface area contributed by atoms with Crippen LogP contribution >= 0.6 is 0 Å². The van der Waals surface area contributed by atoms with Gasteiger partial charge in [0.05, 0.1) is 7.11 Å². The smallest absolute Gasteiger partial charge is 0.126 e. The van der Waals surface area contributed by atoms with Gasteiger partial charge in [-0.1, -0.05) is 75.4 Å². The molecule has 0 saturated heterocycles. The van der Waals surface area contributed by atoms with Crippen LogP contribution in [0.1, 0.15) is 31.9 Å². The van der Waals surface area contributed by atoms with Gasteiger partial charge in [0, 0.05) is 12.1 Å².